The van der Waals surface area contributed by atoms with Crippen molar-refractivity contribution >= 4 is 28.4 Å². The number of pyridine rings is 2. The summed E-state index contributed by atoms with van der Waals surface area (Å²) in [6.45, 7) is 4.00. The van der Waals surface area contributed by atoms with Crippen molar-refractivity contribution < 1.29 is 18.3 Å². The molecule has 232 valence electrons. The van der Waals surface area contributed by atoms with Crippen LogP contribution in [0.2, 0.25) is 0 Å². The number of carbonyl (C=O) groups is 1. The molecule has 0 aliphatic carbocycles. The van der Waals surface area contributed by atoms with Gasteiger partial charge in [0.15, 0.2) is 28.5 Å². The molecule has 3 aromatic heterocycles. The molecule has 0 saturated carbocycles. The van der Waals surface area contributed by atoms with Gasteiger partial charge in [-0.2, -0.15) is 0 Å². The van der Waals surface area contributed by atoms with Crippen LogP contribution in [-0.4, -0.2) is 39.5 Å². The first-order valence-electron chi connectivity index (χ1n) is 14.5. The maximum Gasteiger partial charge on any atom is 0.267 e. The molecule has 46 heavy (non-hydrogen) atoms. The first-order chi connectivity index (χ1) is 22.1. The summed E-state index contributed by atoms with van der Waals surface area (Å²) < 4.78 is 36.4. The minimum absolute atomic E-state index is 0.0916. The highest BCUT2D eigenvalue weighted by atomic mass is 19.1. The predicted octanol–water partition coefficient (Wildman–Crippen LogP) is 7.29. The highest BCUT2D eigenvalue weighted by Crippen LogP contribution is 2.39. The summed E-state index contributed by atoms with van der Waals surface area (Å²) in [5, 5.41) is 2.58. The zero-order chi connectivity index (χ0) is 32.5. The number of nitrogens with zero attached hydrogens (tertiary/aromatic N) is 4. The fraction of sp³-hybridized carbons (Fsp3) is 0.143. The summed E-state index contributed by atoms with van der Waals surface area (Å²) in [5.41, 5.74) is 3.13. The molecule has 0 saturated heterocycles. The van der Waals surface area contributed by atoms with E-state index < -0.39 is 23.1 Å². The van der Waals surface area contributed by atoms with Gasteiger partial charge in [0, 0.05) is 61.1 Å². The van der Waals surface area contributed by atoms with Gasteiger partial charge < -0.3 is 19.9 Å². The fourth-order valence-corrected chi connectivity index (χ4v) is 4.91. The molecule has 6 rings (SSSR count). The van der Waals surface area contributed by atoms with Crippen LogP contribution >= 0.6 is 0 Å². The molecular weight excluding hydrogens is 590 g/mol. The van der Waals surface area contributed by atoms with Crippen LogP contribution in [0, 0.1) is 11.6 Å². The molecule has 0 atom stereocenters. The molecule has 0 aliphatic heterocycles. The number of fused-ring (bicyclic) bond motifs is 1. The fourth-order valence-electron chi connectivity index (χ4n) is 4.91. The normalized spacial score (nSPS) is 11.2. The lowest BCUT2D eigenvalue weighted by molar-refractivity contribution is 0.102. The first-order valence-corrected chi connectivity index (χ1v) is 14.5. The van der Waals surface area contributed by atoms with Crippen LogP contribution in [0.25, 0.3) is 28.0 Å². The van der Waals surface area contributed by atoms with E-state index in [4.69, 9.17) is 9.72 Å². The van der Waals surface area contributed by atoms with Crippen LogP contribution in [0.5, 0.6) is 11.5 Å². The van der Waals surface area contributed by atoms with Crippen LogP contribution in [-0.2, 0) is 0 Å². The number of rotatable bonds is 8. The molecule has 0 radical (unpaired) electrons. The van der Waals surface area contributed by atoms with E-state index >= 15 is 4.39 Å². The van der Waals surface area contributed by atoms with Crippen LogP contribution < -0.4 is 20.5 Å². The van der Waals surface area contributed by atoms with Crippen LogP contribution in [0.1, 0.15) is 35.9 Å². The van der Waals surface area contributed by atoms with Gasteiger partial charge in [-0.05, 0) is 66.2 Å². The SMILES string of the molecule is CC(C)c1nc2c(Oc3ccc(NC(=O)c4cccn(-c5ccc(F)cc5)c4=O)cc3F)c(-c3ccc(N(C)C)cc3)cnc2[nH]1. The van der Waals surface area contributed by atoms with Crippen molar-refractivity contribution in [1.82, 2.24) is 19.5 Å². The van der Waals surface area contributed by atoms with Crippen LogP contribution in [0.15, 0.2) is 96.1 Å². The Morgan fingerprint density at radius 3 is 2.41 bits per heavy atom. The van der Waals surface area contributed by atoms with Gasteiger partial charge in [-0.1, -0.05) is 26.0 Å². The summed E-state index contributed by atoms with van der Waals surface area (Å²) in [4.78, 5) is 40.6. The zero-order valence-electron chi connectivity index (χ0n) is 25.5. The van der Waals surface area contributed by atoms with Gasteiger partial charge in [-0.25, -0.2) is 18.7 Å². The van der Waals surface area contributed by atoms with E-state index in [1.807, 2.05) is 57.1 Å². The molecule has 0 bridgehead atoms. The Kier molecular flexibility index (Phi) is 8.06. The summed E-state index contributed by atoms with van der Waals surface area (Å²) in [5.74, 6) is -0.886. The number of imidazole rings is 1. The average Bonchev–Trinajstić information content (AvgIpc) is 3.49. The molecule has 0 unspecified atom stereocenters. The van der Waals surface area contributed by atoms with Gasteiger partial charge in [-0.3, -0.25) is 14.2 Å². The molecule has 3 heterocycles. The van der Waals surface area contributed by atoms with E-state index in [1.54, 1.807) is 6.20 Å². The van der Waals surface area contributed by atoms with Gasteiger partial charge >= 0.3 is 0 Å². The summed E-state index contributed by atoms with van der Waals surface area (Å²) in [6.07, 6.45) is 3.14. The Hall–Kier alpha value is -5.84. The molecule has 9 nitrogen and oxygen atoms in total. The summed E-state index contributed by atoms with van der Waals surface area (Å²) in [7, 11) is 3.90. The molecule has 0 spiro atoms. The van der Waals surface area contributed by atoms with Gasteiger partial charge in [0.1, 0.15) is 17.2 Å². The Labute approximate surface area is 263 Å². The molecular formula is C35H30F2N6O3. The number of aromatic nitrogens is 4. The number of aromatic amines is 1. The second-order valence-electron chi connectivity index (χ2n) is 11.2. The lowest BCUT2D eigenvalue weighted by atomic mass is 10.1. The number of nitrogens with one attached hydrogen (secondary N) is 2. The van der Waals surface area contributed by atoms with Crippen molar-refractivity contribution in [3.63, 3.8) is 0 Å². The maximum absolute atomic E-state index is 15.6. The van der Waals surface area contributed by atoms with E-state index in [-0.39, 0.29) is 22.9 Å². The van der Waals surface area contributed by atoms with Gasteiger partial charge in [0.25, 0.3) is 11.5 Å². The van der Waals surface area contributed by atoms with Crippen molar-refractivity contribution in [3.8, 4) is 28.3 Å². The van der Waals surface area contributed by atoms with E-state index in [9.17, 15) is 14.0 Å². The number of hydrogen-bond donors (Lipinski definition) is 2. The lowest BCUT2D eigenvalue weighted by Crippen LogP contribution is -2.27. The van der Waals surface area contributed by atoms with Crippen molar-refractivity contribution in [2.45, 2.75) is 19.8 Å². The molecule has 3 aromatic carbocycles. The van der Waals surface area contributed by atoms with Crippen molar-refractivity contribution in [2.24, 2.45) is 0 Å². The Morgan fingerprint density at radius 1 is 1.00 bits per heavy atom. The van der Waals surface area contributed by atoms with Gasteiger partial charge in [0.05, 0.1) is 0 Å². The number of halogens is 2. The zero-order valence-corrected chi connectivity index (χ0v) is 25.5. The number of ether oxygens (including phenoxy) is 1. The van der Waals surface area contributed by atoms with E-state index in [0.717, 1.165) is 17.3 Å². The summed E-state index contributed by atoms with van der Waals surface area (Å²) in [6, 6.07) is 20.0. The van der Waals surface area contributed by atoms with E-state index in [1.165, 1.54) is 59.3 Å². The number of hydrogen-bond acceptors (Lipinski definition) is 6. The molecule has 0 aliphatic rings. The van der Waals surface area contributed by atoms with E-state index in [0.29, 0.717) is 34.0 Å². The van der Waals surface area contributed by atoms with E-state index in [2.05, 4.69) is 15.3 Å². The quantitative estimate of drug-likeness (QED) is 0.185. The highest BCUT2D eigenvalue weighted by Gasteiger charge is 2.21. The average molecular weight is 621 g/mol. The van der Waals surface area contributed by atoms with Crippen LogP contribution in [0.3, 0.4) is 0 Å². The number of amides is 1. The second kappa shape index (κ2) is 12.3. The smallest absolute Gasteiger partial charge is 0.267 e. The van der Waals surface area contributed by atoms with Gasteiger partial charge in [-0.15, -0.1) is 0 Å². The first kappa shape index (κ1) is 30.2. The number of carbonyl (C=O) groups excluding carboxylic acids is 1. The molecule has 11 heteroatoms. The maximum atomic E-state index is 15.6. The van der Waals surface area contributed by atoms with Crippen LogP contribution in [0.4, 0.5) is 20.2 Å². The number of anilines is 2. The number of H-pyrrole nitrogens is 1. The standard InChI is InChI=1S/C35H30F2N6O3/c1-20(2)32-40-30-31(27(19-38-33(30)41-32)21-7-12-24(13-8-21)42(3)4)46-29-16-11-23(18-28(29)37)39-34(44)26-6-5-17-43(35(26)45)25-14-9-22(36)10-15-25/h5-20H,1-4H3,(H,39,44)(H,38,40,41). The third kappa shape index (κ3) is 5.94. The van der Waals surface area contributed by atoms with Crippen molar-refractivity contribution in [3.05, 3.63) is 125 Å². The minimum atomic E-state index is -0.743. The lowest BCUT2D eigenvalue weighted by Gasteiger charge is -2.15. The predicted molar refractivity (Wildman–Crippen MR) is 174 cm³/mol. The molecule has 0 fully saturated rings. The topological polar surface area (TPSA) is 105 Å². The number of benzene rings is 3. The third-order valence-electron chi connectivity index (χ3n) is 7.43. The van der Waals surface area contributed by atoms with Crippen molar-refractivity contribution in [2.75, 3.05) is 24.3 Å². The third-order valence-corrected chi connectivity index (χ3v) is 7.43. The van der Waals surface area contributed by atoms with Gasteiger partial charge in [0.2, 0.25) is 0 Å². The molecule has 6 aromatic rings. The Bertz CT molecular complexity index is 2120. The monoisotopic (exact) mass is 620 g/mol. The second-order valence-corrected chi connectivity index (χ2v) is 11.2. The molecule has 2 N–H and O–H groups in total. The van der Waals surface area contributed by atoms with Crippen molar-refractivity contribution in [1.29, 1.82) is 0 Å². The minimum Gasteiger partial charge on any atom is -0.451 e. The largest absolute Gasteiger partial charge is 0.451 e. The molecule has 1 amide bonds. The Balaban J connectivity index is 1.31. The summed E-state index contributed by atoms with van der Waals surface area (Å²) >= 11 is 0. The highest BCUT2D eigenvalue weighted by molar-refractivity contribution is 6.04. The Morgan fingerprint density at radius 2 is 1.74 bits per heavy atom.